The van der Waals surface area contributed by atoms with E-state index in [0.29, 0.717) is 33.2 Å². The van der Waals surface area contributed by atoms with Gasteiger partial charge in [-0.2, -0.15) is 0 Å². The quantitative estimate of drug-likeness (QED) is 0.468. The van der Waals surface area contributed by atoms with Gasteiger partial charge in [-0.05, 0) is 55.0 Å². The smallest absolute Gasteiger partial charge is 0.251 e. The molecule has 2 aromatic heterocycles. The van der Waals surface area contributed by atoms with Gasteiger partial charge in [0.2, 0.25) is 5.91 Å². The minimum absolute atomic E-state index is 0.0992. The van der Waals surface area contributed by atoms with E-state index in [1.54, 1.807) is 11.6 Å². The maximum atomic E-state index is 13.0. The first-order chi connectivity index (χ1) is 15.8. The van der Waals surface area contributed by atoms with Gasteiger partial charge in [-0.25, -0.2) is 4.39 Å². The fraction of sp³-hybridized carbons (Fsp3) is 0.364. The van der Waals surface area contributed by atoms with E-state index in [-0.39, 0.29) is 24.1 Å². The van der Waals surface area contributed by atoms with Gasteiger partial charge in [-0.3, -0.25) is 9.59 Å². The molecule has 1 aromatic carbocycles. The average Bonchev–Trinajstić information content (AvgIpc) is 3.31. The SMILES string of the molecule is C[C@H]1CCc2c(sc(NC(=O)CSc3nnc(COc4ccc(F)cc4)n3C)c2C(N)=O)C1. The Labute approximate surface area is 198 Å². The van der Waals surface area contributed by atoms with E-state index in [1.165, 1.54) is 47.4 Å². The molecule has 174 valence electrons. The van der Waals surface area contributed by atoms with E-state index in [1.807, 2.05) is 0 Å². The van der Waals surface area contributed by atoms with Crippen LogP contribution in [0.1, 0.15) is 40.0 Å². The Morgan fingerprint density at radius 1 is 1.33 bits per heavy atom. The average molecular weight is 490 g/mol. The maximum absolute atomic E-state index is 13.0. The molecule has 2 heterocycles. The molecule has 3 aromatic rings. The fourth-order valence-electron chi connectivity index (χ4n) is 3.67. The highest BCUT2D eigenvalue weighted by molar-refractivity contribution is 7.99. The molecule has 33 heavy (non-hydrogen) atoms. The Kier molecular flexibility index (Phi) is 6.99. The van der Waals surface area contributed by atoms with E-state index >= 15 is 0 Å². The van der Waals surface area contributed by atoms with Crippen LogP contribution in [0.3, 0.4) is 0 Å². The second kappa shape index (κ2) is 9.92. The van der Waals surface area contributed by atoms with Gasteiger partial charge in [0.25, 0.3) is 5.91 Å². The molecule has 0 fully saturated rings. The van der Waals surface area contributed by atoms with Crippen molar-refractivity contribution in [1.29, 1.82) is 0 Å². The molecule has 0 aliphatic heterocycles. The molecule has 1 atom stereocenters. The summed E-state index contributed by atoms with van der Waals surface area (Å²) in [5.41, 5.74) is 7.04. The van der Waals surface area contributed by atoms with Crippen molar-refractivity contribution in [3.8, 4) is 5.75 Å². The van der Waals surface area contributed by atoms with E-state index < -0.39 is 5.91 Å². The number of aromatic nitrogens is 3. The number of amides is 2. The maximum Gasteiger partial charge on any atom is 0.251 e. The number of rotatable bonds is 8. The predicted octanol–water partition coefficient (Wildman–Crippen LogP) is 3.55. The number of hydrogen-bond acceptors (Lipinski definition) is 7. The zero-order chi connectivity index (χ0) is 23.5. The number of ether oxygens (including phenoxy) is 1. The number of halogens is 1. The second-order valence-corrected chi connectivity index (χ2v) is 10.0. The molecule has 0 spiro atoms. The fourth-order valence-corrected chi connectivity index (χ4v) is 5.83. The number of nitrogens with one attached hydrogen (secondary N) is 1. The number of hydrogen-bond donors (Lipinski definition) is 2. The zero-order valence-corrected chi connectivity index (χ0v) is 19.9. The lowest BCUT2D eigenvalue weighted by Crippen LogP contribution is -2.20. The molecule has 0 saturated heterocycles. The second-order valence-electron chi connectivity index (χ2n) is 7.96. The van der Waals surface area contributed by atoms with Crippen LogP contribution in [0, 0.1) is 11.7 Å². The summed E-state index contributed by atoms with van der Waals surface area (Å²) in [5.74, 6) is 0.642. The van der Waals surface area contributed by atoms with Crippen LogP contribution in [0.25, 0.3) is 0 Å². The van der Waals surface area contributed by atoms with E-state index in [9.17, 15) is 14.0 Å². The van der Waals surface area contributed by atoms with Crippen molar-refractivity contribution in [3.05, 3.63) is 51.9 Å². The summed E-state index contributed by atoms with van der Waals surface area (Å²) in [6.07, 6.45) is 2.71. The highest BCUT2D eigenvalue weighted by Crippen LogP contribution is 2.39. The molecule has 1 aliphatic carbocycles. The number of thiophene rings is 1. The molecule has 0 bridgehead atoms. The van der Waals surface area contributed by atoms with Crippen LogP contribution in [-0.2, 0) is 31.3 Å². The molecule has 0 radical (unpaired) electrons. The predicted molar refractivity (Wildman–Crippen MR) is 125 cm³/mol. The van der Waals surface area contributed by atoms with Gasteiger partial charge in [-0.15, -0.1) is 21.5 Å². The van der Waals surface area contributed by atoms with Crippen molar-refractivity contribution < 1.29 is 18.7 Å². The van der Waals surface area contributed by atoms with E-state index in [0.717, 1.165) is 29.7 Å². The van der Waals surface area contributed by atoms with Gasteiger partial charge in [0, 0.05) is 11.9 Å². The van der Waals surface area contributed by atoms with Crippen molar-refractivity contribution in [2.75, 3.05) is 11.1 Å². The van der Waals surface area contributed by atoms with Gasteiger partial charge in [0.1, 0.15) is 23.2 Å². The molecule has 11 heteroatoms. The Morgan fingerprint density at radius 3 is 2.82 bits per heavy atom. The number of fused-ring (bicyclic) bond motifs is 1. The Hall–Kier alpha value is -2.92. The lowest BCUT2D eigenvalue weighted by atomic mass is 9.88. The normalized spacial score (nSPS) is 15.2. The Balaban J connectivity index is 1.36. The van der Waals surface area contributed by atoms with Gasteiger partial charge in [-0.1, -0.05) is 18.7 Å². The monoisotopic (exact) mass is 489 g/mol. The number of nitrogens with two attached hydrogens (primary N) is 1. The zero-order valence-electron chi connectivity index (χ0n) is 18.3. The molecule has 4 rings (SSSR count). The number of thioether (sulfide) groups is 1. The topological polar surface area (TPSA) is 112 Å². The third-order valence-corrected chi connectivity index (χ3v) is 7.64. The standard InChI is InChI=1S/C22H24FN5O3S2/c1-12-3-8-15-16(9-12)33-21(19(15)20(24)30)25-18(29)11-32-22-27-26-17(28(22)2)10-31-14-6-4-13(23)5-7-14/h4-7,12H,3,8-11H2,1-2H3,(H2,24,30)(H,25,29)/t12-/m0/s1. The van der Waals surface area contributed by atoms with Crippen molar-refractivity contribution in [2.24, 2.45) is 18.7 Å². The summed E-state index contributed by atoms with van der Waals surface area (Å²) >= 11 is 2.67. The summed E-state index contributed by atoms with van der Waals surface area (Å²) in [6, 6.07) is 5.71. The van der Waals surface area contributed by atoms with Crippen molar-refractivity contribution in [2.45, 2.75) is 37.9 Å². The number of primary amides is 1. The number of carbonyl (C=O) groups is 2. The molecular formula is C22H24FN5O3S2. The number of nitrogens with zero attached hydrogens (tertiary/aromatic N) is 3. The third kappa shape index (κ3) is 5.36. The summed E-state index contributed by atoms with van der Waals surface area (Å²) in [5, 5.41) is 12.1. The first-order valence-corrected chi connectivity index (χ1v) is 12.3. The number of anilines is 1. The van der Waals surface area contributed by atoms with Crippen LogP contribution in [0.4, 0.5) is 9.39 Å². The van der Waals surface area contributed by atoms with Crippen LogP contribution in [-0.4, -0.2) is 32.3 Å². The van der Waals surface area contributed by atoms with Gasteiger partial charge < -0.3 is 20.4 Å². The van der Waals surface area contributed by atoms with E-state index in [2.05, 4.69) is 22.4 Å². The number of carbonyl (C=O) groups excluding carboxylic acids is 2. The van der Waals surface area contributed by atoms with Gasteiger partial charge in [0.15, 0.2) is 11.0 Å². The van der Waals surface area contributed by atoms with Crippen molar-refractivity contribution in [1.82, 2.24) is 14.8 Å². The van der Waals surface area contributed by atoms with Gasteiger partial charge >= 0.3 is 0 Å². The molecule has 3 N–H and O–H groups in total. The molecule has 0 unspecified atom stereocenters. The van der Waals surface area contributed by atoms with Gasteiger partial charge in [0.05, 0.1) is 11.3 Å². The molecule has 8 nitrogen and oxygen atoms in total. The highest BCUT2D eigenvalue weighted by Gasteiger charge is 2.27. The summed E-state index contributed by atoms with van der Waals surface area (Å²) in [7, 11) is 1.78. The van der Waals surface area contributed by atoms with Crippen LogP contribution >= 0.6 is 23.1 Å². The Bertz CT molecular complexity index is 1180. The summed E-state index contributed by atoms with van der Waals surface area (Å²) in [4.78, 5) is 25.8. The Morgan fingerprint density at radius 2 is 2.09 bits per heavy atom. The highest BCUT2D eigenvalue weighted by atomic mass is 32.2. The van der Waals surface area contributed by atoms with Crippen molar-refractivity contribution in [3.63, 3.8) is 0 Å². The summed E-state index contributed by atoms with van der Waals surface area (Å²) < 4.78 is 20.3. The van der Waals surface area contributed by atoms with Crippen molar-refractivity contribution >= 4 is 39.9 Å². The van der Waals surface area contributed by atoms with Crippen LogP contribution in [0.2, 0.25) is 0 Å². The minimum Gasteiger partial charge on any atom is -0.486 e. The lowest BCUT2D eigenvalue weighted by Gasteiger charge is -2.18. The molecule has 2 amide bonds. The van der Waals surface area contributed by atoms with Crippen LogP contribution < -0.4 is 15.8 Å². The minimum atomic E-state index is -0.510. The van der Waals surface area contributed by atoms with Crippen LogP contribution in [0.15, 0.2) is 29.4 Å². The lowest BCUT2D eigenvalue weighted by molar-refractivity contribution is -0.113. The third-order valence-electron chi connectivity index (χ3n) is 5.45. The largest absolute Gasteiger partial charge is 0.486 e. The molecular weight excluding hydrogens is 465 g/mol. The van der Waals surface area contributed by atoms with E-state index in [4.69, 9.17) is 10.5 Å². The number of benzene rings is 1. The first-order valence-electron chi connectivity index (χ1n) is 10.5. The molecule has 0 saturated carbocycles. The summed E-state index contributed by atoms with van der Waals surface area (Å²) in [6.45, 7) is 2.34. The first kappa shape index (κ1) is 23.2. The van der Waals surface area contributed by atoms with Crippen LogP contribution in [0.5, 0.6) is 5.75 Å². The molecule has 1 aliphatic rings.